The van der Waals surface area contributed by atoms with Crippen molar-refractivity contribution in [3.63, 3.8) is 0 Å². The molecular formula is C28H32N6O3. The van der Waals surface area contributed by atoms with Gasteiger partial charge in [-0.15, -0.1) is 0 Å². The number of aromatic amines is 2. The van der Waals surface area contributed by atoms with Crippen LogP contribution in [0.1, 0.15) is 38.2 Å². The average molecular weight is 501 g/mol. The summed E-state index contributed by atoms with van der Waals surface area (Å²) < 4.78 is 8.45. The third kappa shape index (κ3) is 3.88. The van der Waals surface area contributed by atoms with E-state index in [0.29, 0.717) is 45.8 Å². The zero-order chi connectivity index (χ0) is 25.1. The van der Waals surface area contributed by atoms with Crippen molar-refractivity contribution in [1.29, 1.82) is 0 Å². The van der Waals surface area contributed by atoms with E-state index in [1.54, 1.807) is 10.7 Å². The fourth-order valence-electron chi connectivity index (χ4n) is 6.34. The van der Waals surface area contributed by atoms with E-state index in [0.717, 1.165) is 50.5 Å². The molecule has 37 heavy (non-hydrogen) atoms. The maximum Gasteiger partial charge on any atom is 0.275 e. The number of nitrogens with one attached hydrogen (secondary N) is 2. The number of fused-ring (bicyclic) bond motifs is 5. The lowest BCUT2D eigenvalue weighted by atomic mass is 10.1. The summed E-state index contributed by atoms with van der Waals surface area (Å²) in [7, 11) is 0. The Bertz CT molecular complexity index is 1610. The summed E-state index contributed by atoms with van der Waals surface area (Å²) in [4.78, 5) is 39.3. The van der Waals surface area contributed by atoms with Gasteiger partial charge in [0.2, 0.25) is 0 Å². The lowest BCUT2D eigenvalue weighted by molar-refractivity contribution is 0.186. The van der Waals surface area contributed by atoms with Crippen molar-refractivity contribution in [3.8, 4) is 17.0 Å². The van der Waals surface area contributed by atoms with Gasteiger partial charge in [-0.25, -0.2) is 4.98 Å². The maximum atomic E-state index is 13.3. The molecule has 7 rings (SSSR count). The molecule has 6 bridgehead atoms. The summed E-state index contributed by atoms with van der Waals surface area (Å²) in [6.45, 7) is 7.28. The van der Waals surface area contributed by atoms with Gasteiger partial charge in [0, 0.05) is 43.2 Å². The SMILES string of the molecule is C[C@@H]1C[C@H]2CN1CCn1[nH]c3c(cccc3c1=O)-c1nc3c(c(CN4CCCCC4)ccc3[nH]c1=O)O2. The maximum absolute atomic E-state index is 13.3. The molecule has 0 radical (unpaired) electrons. The predicted octanol–water partition coefficient (Wildman–Crippen LogP) is 3.07. The van der Waals surface area contributed by atoms with E-state index in [1.807, 2.05) is 18.2 Å². The number of benzene rings is 2. The highest BCUT2D eigenvalue weighted by molar-refractivity contribution is 5.94. The van der Waals surface area contributed by atoms with Crippen molar-refractivity contribution < 1.29 is 4.74 Å². The summed E-state index contributed by atoms with van der Waals surface area (Å²) in [6.07, 6.45) is 4.64. The van der Waals surface area contributed by atoms with Crippen LogP contribution in [0.4, 0.5) is 0 Å². The molecule has 9 heteroatoms. The Kier molecular flexibility index (Phi) is 5.44. The summed E-state index contributed by atoms with van der Waals surface area (Å²) in [5, 5.41) is 3.85. The summed E-state index contributed by atoms with van der Waals surface area (Å²) in [5.41, 5.74) is 3.65. The molecule has 3 aliphatic heterocycles. The second-order valence-electron chi connectivity index (χ2n) is 10.8. The van der Waals surface area contributed by atoms with Crippen molar-refractivity contribution in [2.75, 3.05) is 26.2 Å². The van der Waals surface area contributed by atoms with Crippen molar-refractivity contribution in [1.82, 2.24) is 29.5 Å². The highest BCUT2D eigenvalue weighted by Gasteiger charge is 2.32. The van der Waals surface area contributed by atoms with E-state index in [4.69, 9.17) is 9.72 Å². The van der Waals surface area contributed by atoms with Crippen molar-refractivity contribution >= 4 is 21.9 Å². The van der Waals surface area contributed by atoms with Gasteiger partial charge in [-0.2, -0.15) is 0 Å². The molecular weight excluding hydrogens is 468 g/mol. The van der Waals surface area contributed by atoms with Gasteiger partial charge in [-0.3, -0.25) is 29.2 Å². The average Bonchev–Trinajstić information content (AvgIpc) is 3.42. The van der Waals surface area contributed by atoms with Gasteiger partial charge in [-0.05, 0) is 45.0 Å². The zero-order valence-corrected chi connectivity index (χ0v) is 21.1. The number of likely N-dealkylation sites (tertiary alicyclic amines) is 1. The number of hydrogen-bond acceptors (Lipinski definition) is 6. The van der Waals surface area contributed by atoms with E-state index in [2.05, 4.69) is 32.9 Å². The van der Waals surface area contributed by atoms with Gasteiger partial charge in [0.25, 0.3) is 11.1 Å². The molecule has 2 aromatic heterocycles. The minimum absolute atomic E-state index is 0.0136. The smallest absolute Gasteiger partial charge is 0.275 e. The largest absolute Gasteiger partial charge is 0.486 e. The molecule has 0 spiro atoms. The highest BCUT2D eigenvalue weighted by Crippen LogP contribution is 2.34. The molecule has 2 aromatic carbocycles. The van der Waals surface area contributed by atoms with Crippen molar-refractivity contribution in [2.45, 2.75) is 57.8 Å². The van der Waals surface area contributed by atoms with Gasteiger partial charge in [0.05, 0.1) is 23.0 Å². The minimum atomic E-state index is -0.281. The number of H-pyrrole nitrogens is 2. The number of hydrogen-bond donors (Lipinski definition) is 2. The van der Waals surface area contributed by atoms with Crippen molar-refractivity contribution in [3.05, 3.63) is 56.6 Å². The van der Waals surface area contributed by atoms with Crippen LogP contribution in [-0.2, 0) is 13.1 Å². The lowest BCUT2D eigenvalue weighted by Crippen LogP contribution is -2.34. The van der Waals surface area contributed by atoms with E-state index < -0.39 is 0 Å². The van der Waals surface area contributed by atoms with Crippen LogP contribution in [0.25, 0.3) is 33.2 Å². The topological polar surface area (TPSA) is 99.3 Å². The first-order valence-corrected chi connectivity index (χ1v) is 13.5. The second-order valence-corrected chi connectivity index (χ2v) is 10.8. The number of para-hydroxylation sites is 1. The minimum Gasteiger partial charge on any atom is -0.486 e. The van der Waals surface area contributed by atoms with Crippen LogP contribution in [0.15, 0.2) is 39.9 Å². The second kappa shape index (κ2) is 8.85. The highest BCUT2D eigenvalue weighted by atomic mass is 16.5. The van der Waals surface area contributed by atoms with E-state index in [1.165, 1.54) is 19.3 Å². The number of rotatable bonds is 2. The summed E-state index contributed by atoms with van der Waals surface area (Å²) in [6, 6.07) is 9.85. The van der Waals surface area contributed by atoms with Gasteiger partial charge in [0.1, 0.15) is 17.3 Å². The molecule has 3 aliphatic rings. The number of nitrogens with zero attached hydrogens (tertiary/aromatic N) is 4. The Hall–Kier alpha value is -3.43. The van der Waals surface area contributed by atoms with Gasteiger partial charge >= 0.3 is 0 Å². The molecule has 2 fully saturated rings. The van der Waals surface area contributed by atoms with Crippen LogP contribution in [0, 0.1) is 0 Å². The first kappa shape index (κ1) is 22.7. The third-order valence-corrected chi connectivity index (χ3v) is 8.35. The third-order valence-electron chi connectivity index (χ3n) is 8.35. The van der Waals surface area contributed by atoms with Crippen LogP contribution in [-0.4, -0.2) is 67.9 Å². The van der Waals surface area contributed by atoms with E-state index in [-0.39, 0.29) is 17.2 Å². The molecule has 9 nitrogen and oxygen atoms in total. The molecule has 2 N–H and O–H groups in total. The molecule has 0 saturated carbocycles. The summed E-state index contributed by atoms with van der Waals surface area (Å²) >= 11 is 0. The standard InChI is InChI=1S/C28H32N6O3/c1-17-14-19-16-33(17)12-13-34-28(36)21-7-5-6-20(23(21)31-34)24-27(35)29-22-9-8-18(26(37-19)25(22)30-24)15-32-10-3-2-4-11-32/h5-9,17,19,31H,2-4,10-16H2,1H3,(H,29,35)/t17-,19+/m1/s1. The normalized spacial score (nSPS) is 24.1. The Balaban J connectivity index is 1.46. The van der Waals surface area contributed by atoms with E-state index in [9.17, 15) is 9.59 Å². The van der Waals surface area contributed by atoms with Crippen LogP contribution in [0.2, 0.25) is 0 Å². The molecule has 4 aromatic rings. The molecule has 192 valence electrons. The van der Waals surface area contributed by atoms with Crippen molar-refractivity contribution in [2.24, 2.45) is 0 Å². The molecule has 0 amide bonds. The fraction of sp³-hybridized carbons (Fsp3) is 0.464. The Morgan fingerprint density at radius 2 is 1.92 bits per heavy atom. The van der Waals surface area contributed by atoms with Gasteiger partial charge in [0.15, 0.2) is 5.75 Å². The van der Waals surface area contributed by atoms with Crippen LogP contribution in [0.5, 0.6) is 5.75 Å². The van der Waals surface area contributed by atoms with Gasteiger partial charge in [-0.1, -0.05) is 24.6 Å². The number of piperidine rings is 1. The lowest BCUT2D eigenvalue weighted by Gasteiger charge is -2.28. The zero-order valence-electron chi connectivity index (χ0n) is 21.1. The molecule has 0 aliphatic carbocycles. The monoisotopic (exact) mass is 500 g/mol. The molecule has 5 heterocycles. The fourth-order valence-corrected chi connectivity index (χ4v) is 6.34. The predicted molar refractivity (Wildman–Crippen MR) is 143 cm³/mol. The first-order chi connectivity index (χ1) is 18.0. The molecule has 3 atom stereocenters. The number of ether oxygens (including phenoxy) is 1. The summed E-state index contributed by atoms with van der Waals surface area (Å²) in [5.74, 6) is 0.773. The van der Waals surface area contributed by atoms with Crippen LogP contribution in [0.3, 0.4) is 0 Å². The Morgan fingerprint density at radius 1 is 1.05 bits per heavy atom. The quantitative estimate of drug-likeness (QED) is 0.439. The van der Waals surface area contributed by atoms with E-state index >= 15 is 0 Å². The molecule has 1 unspecified atom stereocenters. The Morgan fingerprint density at radius 3 is 2.78 bits per heavy atom. The van der Waals surface area contributed by atoms with Crippen LogP contribution < -0.4 is 15.9 Å². The van der Waals surface area contributed by atoms with Gasteiger partial charge < -0.3 is 9.72 Å². The first-order valence-electron chi connectivity index (χ1n) is 13.5. The number of aromatic nitrogens is 4. The molecule has 2 saturated heterocycles. The van der Waals surface area contributed by atoms with Crippen LogP contribution >= 0.6 is 0 Å². The Labute approximate surface area is 214 Å².